The van der Waals surface area contributed by atoms with Gasteiger partial charge in [0.2, 0.25) is 0 Å². The molecule has 0 spiro atoms. The van der Waals surface area contributed by atoms with Crippen molar-refractivity contribution in [3.05, 3.63) is 67.3 Å². The van der Waals surface area contributed by atoms with E-state index in [2.05, 4.69) is 15.4 Å². The van der Waals surface area contributed by atoms with Gasteiger partial charge >= 0.3 is 0 Å². The Morgan fingerprint density at radius 2 is 1.86 bits per heavy atom. The highest BCUT2D eigenvalue weighted by atomic mass is 16.5. The maximum absolute atomic E-state index is 12.0. The first-order chi connectivity index (χ1) is 10.8. The molecule has 110 valence electrons. The van der Waals surface area contributed by atoms with Gasteiger partial charge in [-0.15, -0.1) is 0 Å². The van der Waals surface area contributed by atoms with Gasteiger partial charge in [0.25, 0.3) is 5.91 Å². The minimum atomic E-state index is -0.239. The van der Waals surface area contributed by atoms with Crippen molar-refractivity contribution in [3.8, 4) is 11.4 Å². The van der Waals surface area contributed by atoms with Crippen LogP contribution in [-0.2, 0) is 4.79 Å². The normalized spacial score (nSPS) is 10.2. The molecular formula is C16H14N4O2. The van der Waals surface area contributed by atoms with Crippen molar-refractivity contribution in [3.63, 3.8) is 0 Å². The van der Waals surface area contributed by atoms with Gasteiger partial charge in [0.1, 0.15) is 18.4 Å². The second-order valence-electron chi connectivity index (χ2n) is 4.51. The number of carbonyl (C=O) groups is 1. The van der Waals surface area contributed by atoms with Crippen LogP contribution in [0.25, 0.3) is 5.69 Å². The van der Waals surface area contributed by atoms with Gasteiger partial charge in [-0.3, -0.25) is 4.79 Å². The number of nitrogens with one attached hydrogen (secondary N) is 1. The van der Waals surface area contributed by atoms with E-state index in [1.807, 2.05) is 36.4 Å². The van der Waals surface area contributed by atoms with E-state index in [4.69, 9.17) is 4.74 Å². The molecule has 1 aromatic heterocycles. The molecule has 1 N–H and O–H groups in total. The second kappa shape index (κ2) is 6.53. The van der Waals surface area contributed by atoms with E-state index in [9.17, 15) is 4.79 Å². The zero-order valence-electron chi connectivity index (χ0n) is 11.7. The predicted octanol–water partition coefficient (Wildman–Crippen LogP) is 2.28. The molecule has 0 fully saturated rings. The number of carbonyl (C=O) groups excluding carboxylic acids is 1. The van der Waals surface area contributed by atoms with Crippen molar-refractivity contribution < 1.29 is 9.53 Å². The van der Waals surface area contributed by atoms with Crippen LogP contribution in [0.4, 0.5) is 5.69 Å². The van der Waals surface area contributed by atoms with E-state index in [0.29, 0.717) is 11.4 Å². The van der Waals surface area contributed by atoms with Crippen LogP contribution >= 0.6 is 0 Å². The summed E-state index contributed by atoms with van der Waals surface area (Å²) < 4.78 is 7.01. The Morgan fingerprint density at radius 1 is 1.09 bits per heavy atom. The summed E-state index contributed by atoms with van der Waals surface area (Å²) in [6, 6.07) is 16.6. The number of anilines is 1. The Hall–Kier alpha value is -3.15. The topological polar surface area (TPSA) is 69.0 Å². The van der Waals surface area contributed by atoms with E-state index in [-0.39, 0.29) is 12.5 Å². The number of nitrogens with zero attached hydrogens (tertiary/aromatic N) is 3. The van der Waals surface area contributed by atoms with Crippen LogP contribution in [0, 0.1) is 0 Å². The average Bonchev–Trinajstić information content (AvgIpc) is 3.09. The molecule has 0 bridgehead atoms. The zero-order valence-corrected chi connectivity index (χ0v) is 11.7. The summed E-state index contributed by atoms with van der Waals surface area (Å²) >= 11 is 0. The maximum Gasteiger partial charge on any atom is 0.262 e. The Morgan fingerprint density at radius 3 is 2.64 bits per heavy atom. The number of rotatable bonds is 5. The smallest absolute Gasteiger partial charge is 0.262 e. The Labute approximate surface area is 127 Å². The standard InChI is InChI=1S/C16H14N4O2/c21-16(10-22-13-6-2-1-3-7-13)19-14-8-4-5-9-15(14)20-12-17-11-18-20/h1-9,11-12H,10H2,(H,19,21). The van der Waals surface area contributed by atoms with Crippen molar-refractivity contribution >= 4 is 11.6 Å². The lowest BCUT2D eigenvalue weighted by atomic mass is 10.2. The lowest BCUT2D eigenvalue weighted by molar-refractivity contribution is -0.118. The third-order valence-corrected chi connectivity index (χ3v) is 2.96. The van der Waals surface area contributed by atoms with E-state index in [1.165, 1.54) is 6.33 Å². The van der Waals surface area contributed by atoms with Crippen molar-refractivity contribution in [2.24, 2.45) is 0 Å². The first-order valence-corrected chi connectivity index (χ1v) is 6.74. The van der Waals surface area contributed by atoms with Crippen LogP contribution in [0.15, 0.2) is 67.3 Å². The number of amides is 1. The van der Waals surface area contributed by atoms with Gasteiger partial charge in [0, 0.05) is 0 Å². The summed E-state index contributed by atoms with van der Waals surface area (Å²) in [5.41, 5.74) is 1.39. The molecule has 0 aliphatic carbocycles. The summed E-state index contributed by atoms with van der Waals surface area (Å²) in [4.78, 5) is 15.9. The number of para-hydroxylation sites is 3. The molecule has 0 unspecified atom stereocenters. The van der Waals surface area contributed by atoms with Gasteiger partial charge in [-0.05, 0) is 24.3 Å². The highest BCUT2D eigenvalue weighted by Crippen LogP contribution is 2.18. The van der Waals surface area contributed by atoms with Gasteiger partial charge in [-0.2, -0.15) is 5.10 Å². The molecule has 1 amide bonds. The van der Waals surface area contributed by atoms with Crippen LogP contribution < -0.4 is 10.1 Å². The number of ether oxygens (including phenoxy) is 1. The zero-order chi connectivity index (χ0) is 15.2. The number of aromatic nitrogens is 3. The number of hydrogen-bond donors (Lipinski definition) is 1. The molecule has 1 heterocycles. The molecule has 6 heteroatoms. The van der Waals surface area contributed by atoms with E-state index in [0.717, 1.165) is 5.69 Å². The molecular weight excluding hydrogens is 280 g/mol. The molecule has 0 aliphatic rings. The van der Waals surface area contributed by atoms with Crippen LogP contribution in [0.2, 0.25) is 0 Å². The molecule has 0 saturated heterocycles. The lowest BCUT2D eigenvalue weighted by Gasteiger charge is -2.11. The third-order valence-electron chi connectivity index (χ3n) is 2.96. The fourth-order valence-corrected chi connectivity index (χ4v) is 1.96. The summed E-state index contributed by atoms with van der Waals surface area (Å²) in [6.45, 7) is -0.0598. The van der Waals surface area contributed by atoms with Crippen LogP contribution in [0.5, 0.6) is 5.75 Å². The van der Waals surface area contributed by atoms with E-state index in [1.54, 1.807) is 29.2 Å². The highest BCUT2D eigenvalue weighted by molar-refractivity contribution is 5.93. The molecule has 2 aromatic carbocycles. The largest absolute Gasteiger partial charge is 0.484 e. The van der Waals surface area contributed by atoms with Crippen LogP contribution in [-0.4, -0.2) is 27.3 Å². The average molecular weight is 294 g/mol. The highest BCUT2D eigenvalue weighted by Gasteiger charge is 2.09. The summed E-state index contributed by atoms with van der Waals surface area (Å²) in [5.74, 6) is 0.415. The molecule has 0 radical (unpaired) electrons. The molecule has 0 atom stereocenters. The maximum atomic E-state index is 12.0. The SMILES string of the molecule is O=C(COc1ccccc1)Nc1ccccc1-n1cncn1. The fourth-order valence-electron chi connectivity index (χ4n) is 1.96. The first-order valence-electron chi connectivity index (χ1n) is 6.74. The van der Waals surface area contributed by atoms with Crippen molar-refractivity contribution in [1.82, 2.24) is 14.8 Å². The second-order valence-corrected chi connectivity index (χ2v) is 4.51. The van der Waals surface area contributed by atoms with Gasteiger partial charge in [-0.25, -0.2) is 9.67 Å². The molecule has 6 nitrogen and oxygen atoms in total. The number of benzene rings is 2. The Bertz CT molecular complexity index is 742. The molecule has 0 aliphatic heterocycles. The molecule has 0 saturated carbocycles. The van der Waals surface area contributed by atoms with Crippen LogP contribution in [0.1, 0.15) is 0 Å². The molecule has 22 heavy (non-hydrogen) atoms. The summed E-state index contributed by atoms with van der Waals surface area (Å²) in [7, 11) is 0. The third kappa shape index (κ3) is 3.29. The minimum absolute atomic E-state index is 0.0598. The fraction of sp³-hybridized carbons (Fsp3) is 0.0625. The van der Waals surface area contributed by atoms with Crippen molar-refractivity contribution in [1.29, 1.82) is 0 Å². The molecule has 3 aromatic rings. The van der Waals surface area contributed by atoms with Gasteiger partial charge in [0.15, 0.2) is 6.61 Å². The van der Waals surface area contributed by atoms with Gasteiger partial charge in [0.05, 0.1) is 11.4 Å². The Kier molecular flexibility index (Phi) is 4.10. The minimum Gasteiger partial charge on any atom is -0.484 e. The predicted molar refractivity (Wildman–Crippen MR) is 81.9 cm³/mol. The van der Waals surface area contributed by atoms with Crippen molar-refractivity contribution in [2.75, 3.05) is 11.9 Å². The first kappa shape index (κ1) is 13.8. The quantitative estimate of drug-likeness (QED) is 0.784. The van der Waals surface area contributed by atoms with Crippen molar-refractivity contribution in [2.45, 2.75) is 0 Å². The van der Waals surface area contributed by atoms with Gasteiger partial charge < -0.3 is 10.1 Å². The lowest BCUT2D eigenvalue weighted by Crippen LogP contribution is -2.21. The number of hydrogen-bond acceptors (Lipinski definition) is 4. The van der Waals surface area contributed by atoms with Crippen LogP contribution in [0.3, 0.4) is 0 Å². The van der Waals surface area contributed by atoms with E-state index >= 15 is 0 Å². The Balaban J connectivity index is 1.67. The van der Waals surface area contributed by atoms with E-state index < -0.39 is 0 Å². The van der Waals surface area contributed by atoms with Gasteiger partial charge in [-0.1, -0.05) is 30.3 Å². The molecule has 3 rings (SSSR count). The summed E-state index contributed by atoms with van der Waals surface area (Å²) in [6.07, 6.45) is 3.02. The summed E-state index contributed by atoms with van der Waals surface area (Å²) in [5, 5.41) is 6.89. The monoisotopic (exact) mass is 294 g/mol.